The van der Waals surface area contributed by atoms with Gasteiger partial charge in [0.1, 0.15) is 0 Å². The largest absolute Gasteiger partial charge is 0.392 e. The lowest BCUT2D eigenvalue weighted by molar-refractivity contribution is 0.0154. The average molecular weight is 283 g/mol. The van der Waals surface area contributed by atoms with Gasteiger partial charge < -0.3 is 15.7 Å². The fourth-order valence-electron chi connectivity index (χ4n) is 1.94. The fourth-order valence-corrected chi connectivity index (χ4v) is 1.94. The van der Waals surface area contributed by atoms with Crippen LogP contribution in [-0.4, -0.2) is 28.8 Å². The standard InChI is InChI=1S/C14H22FN3O2/c1-9(2)12(19)14(3,4)8-17-13(20)18-10-5-6-11(15)16-7-10/h5-7,9,12,19H,8H2,1-4H3,(H2,17,18,20). The molecular weight excluding hydrogens is 261 g/mol. The van der Waals surface area contributed by atoms with Crippen LogP contribution >= 0.6 is 0 Å². The number of nitrogens with one attached hydrogen (secondary N) is 2. The summed E-state index contributed by atoms with van der Waals surface area (Å²) >= 11 is 0. The first kappa shape index (κ1) is 16.4. The highest BCUT2D eigenvalue weighted by molar-refractivity contribution is 5.88. The molecule has 6 heteroatoms. The number of amides is 2. The van der Waals surface area contributed by atoms with Crippen molar-refractivity contribution >= 4 is 11.7 Å². The van der Waals surface area contributed by atoms with Crippen LogP contribution in [0.1, 0.15) is 27.7 Å². The van der Waals surface area contributed by atoms with Gasteiger partial charge in [0, 0.05) is 12.0 Å². The molecule has 3 N–H and O–H groups in total. The van der Waals surface area contributed by atoms with E-state index < -0.39 is 23.5 Å². The fraction of sp³-hybridized carbons (Fsp3) is 0.571. The van der Waals surface area contributed by atoms with Crippen molar-refractivity contribution in [3.63, 3.8) is 0 Å². The Hall–Kier alpha value is -1.69. The maximum absolute atomic E-state index is 12.6. The number of aliphatic hydroxyl groups is 1. The van der Waals surface area contributed by atoms with E-state index >= 15 is 0 Å². The number of rotatable bonds is 5. The molecule has 20 heavy (non-hydrogen) atoms. The van der Waals surface area contributed by atoms with Gasteiger partial charge in [0.05, 0.1) is 18.0 Å². The zero-order chi connectivity index (χ0) is 15.3. The van der Waals surface area contributed by atoms with Crippen molar-refractivity contribution < 1.29 is 14.3 Å². The molecule has 0 saturated carbocycles. The van der Waals surface area contributed by atoms with Crippen LogP contribution in [-0.2, 0) is 0 Å². The zero-order valence-corrected chi connectivity index (χ0v) is 12.3. The summed E-state index contributed by atoms with van der Waals surface area (Å²) in [5.41, 5.74) is -0.0295. The van der Waals surface area contributed by atoms with Crippen molar-refractivity contribution in [3.8, 4) is 0 Å². The van der Waals surface area contributed by atoms with Gasteiger partial charge in [0.15, 0.2) is 0 Å². The number of carbonyl (C=O) groups is 1. The van der Waals surface area contributed by atoms with Crippen molar-refractivity contribution in [2.24, 2.45) is 11.3 Å². The van der Waals surface area contributed by atoms with Gasteiger partial charge in [-0.25, -0.2) is 9.78 Å². The van der Waals surface area contributed by atoms with Gasteiger partial charge in [-0.3, -0.25) is 0 Å². The summed E-state index contributed by atoms with van der Waals surface area (Å²) in [7, 11) is 0. The van der Waals surface area contributed by atoms with Crippen molar-refractivity contribution in [2.45, 2.75) is 33.8 Å². The maximum Gasteiger partial charge on any atom is 0.319 e. The van der Waals surface area contributed by atoms with Gasteiger partial charge in [0.25, 0.3) is 0 Å². The smallest absolute Gasteiger partial charge is 0.319 e. The molecule has 5 nitrogen and oxygen atoms in total. The summed E-state index contributed by atoms with van der Waals surface area (Å²) in [4.78, 5) is 15.2. The van der Waals surface area contributed by atoms with E-state index in [1.807, 2.05) is 27.7 Å². The Morgan fingerprint density at radius 1 is 1.45 bits per heavy atom. The second-order valence-electron chi connectivity index (χ2n) is 5.85. The molecule has 0 aromatic carbocycles. The van der Waals surface area contributed by atoms with Crippen LogP contribution in [0.25, 0.3) is 0 Å². The monoisotopic (exact) mass is 283 g/mol. The predicted octanol–water partition coefficient (Wildman–Crippen LogP) is 2.39. The Bertz CT molecular complexity index is 446. The van der Waals surface area contributed by atoms with Crippen molar-refractivity contribution in [2.75, 3.05) is 11.9 Å². The Morgan fingerprint density at radius 2 is 2.10 bits per heavy atom. The molecule has 0 fully saturated rings. The minimum absolute atomic E-state index is 0.108. The third-order valence-corrected chi connectivity index (χ3v) is 3.12. The van der Waals surface area contributed by atoms with Gasteiger partial charge in [-0.2, -0.15) is 4.39 Å². The van der Waals surface area contributed by atoms with Crippen LogP contribution in [0, 0.1) is 17.3 Å². The molecule has 1 unspecified atom stereocenters. The number of hydrogen-bond acceptors (Lipinski definition) is 3. The number of hydrogen-bond donors (Lipinski definition) is 3. The summed E-state index contributed by atoms with van der Waals surface area (Å²) in [6.07, 6.45) is 0.721. The number of anilines is 1. The second kappa shape index (κ2) is 6.65. The molecule has 0 aliphatic heterocycles. The van der Waals surface area contributed by atoms with Crippen LogP contribution in [0.5, 0.6) is 0 Å². The first-order valence-electron chi connectivity index (χ1n) is 6.57. The van der Waals surface area contributed by atoms with Gasteiger partial charge in [-0.15, -0.1) is 0 Å². The van der Waals surface area contributed by atoms with E-state index in [0.717, 1.165) is 0 Å². The van der Waals surface area contributed by atoms with Crippen LogP contribution in [0.15, 0.2) is 18.3 Å². The maximum atomic E-state index is 12.6. The SMILES string of the molecule is CC(C)C(O)C(C)(C)CNC(=O)Nc1ccc(F)nc1. The number of carbonyl (C=O) groups excluding carboxylic acids is 1. The number of halogens is 1. The Morgan fingerprint density at radius 3 is 2.60 bits per heavy atom. The minimum atomic E-state index is -0.600. The molecule has 0 radical (unpaired) electrons. The highest BCUT2D eigenvalue weighted by atomic mass is 19.1. The lowest BCUT2D eigenvalue weighted by Gasteiger charge is -2.33. The van der Waals surface area contributed by atoms with Crippen molar-refractivity contribution in [3.05, 3.63) is 24.3 Å². The summed E-state index contributed by atoms with van der Waals surface area (Å²) in [5, 5.41) is 15.3. The molecule has 112 valence electrons. The lowest BCUT2D eigenvalue weighted by Crippen LogP contribution is -2.44. The highest BCUT2D eigenvalue weighted by Crippen LogP contribution is 2.25. The lowest BCUT2D eigenvalue weighted by atomic mass is 9.81. The van der Waals surface area contributed by atoms with Crippen molar-refractivity contribution in [1.29, 1.82) is 0 Å². The molecule has 2 amide bonds. The molecule has 1 heterocycles. The molecule has 0 aliphatic carbocycles. The van der Waals surface area contributed by atoms with Crippen LogP contribution in [0.2, 0.25) is 0 Å². The number of nitrogens with zero attached hydrogens (tertiary/aromatic N) is 1. The quantitative estimate of drug-likeness (QED) is 0.726. The van der Waals surface area contributed by atoms with Crippen molar-refractivity contribution in [1.82, 2.24) is 10.3 Å². The van der Waals surface area contributed by atoms with Crippen LogP contribution in [0.4, 0.5) is 14.9 Å². The third-order valence-electron chi connectivity index (χ3n) is 3.12. The van der Waals surface area contributed by atoms with E-state index in [4.69, 9.17) is 0 Å². The first-order chi connectivity index (χ1) is 9.22. The zero-order valence-electron chi connectivity index (χ0n) is 12.3. The average Bonchev–Trinajstić information content (AvgIpc) is 2.38. The Balaban J connectivity index is 2.49. The highest BCUT2D eigenvalue weighted by Gasteiger charge is 2.30. The third kappa shape index (κ3) is 4.77. The molecule has 1 aromatic heterocycles. The molecule has 0 saturated heterocycles. The number of aliphatic hydroxyl groups excluding tert-OH is 1. The second-order valence-corrected chi connectivity index (χ2v) is 5.85. The number of aromatic nitrogens is 1. The minimum Gasteiger partial charge on any atom is -0.392 e. The molecule has 1 rings (SSSR count). The van der Waals surface area contributed by atoms with Gasteiger partial charge in [0.2, 0.25) is 5.95 Å². The number of urea groups is 1. The summed E-state index contributed by atoms with van der Waals surface area (Å²) < 4.78 is 12.6. The molecule has 0 spiro atoms. The van der Waals surface area contributed by atoms with E-state index in [9.17, 15) is 14.3 Å². The van der Waals surface area contributed by atoms with Gasteiger partial charge >= 0.3 is 6.03 Å². The molecular formula is C14H22FN3O2. The van der Waals surface area contributed by atoms with Crippen LogP contribution in [0.3, 0.4) is 0 Å². The van der Waals surface area contributed by atoms with Gasteiger partial charge in [-0.1, -0.05) is 27.7 Å². The Kier molecular flexibility index (Phi) is 5.44. The van der Waals surface area contributed by atoms with E-state index in [2.05, 4.69) is 15.6 Å². The Labute approximate surface area is 118 Å². The summed E-state index contributed by atoms with van der Waals surface area (Å²) in [6.45, 7) is 7.95. The number of pyridine rings is 1. The summed E-state index contributed by atoms with van der Waals surface area (Å²) in [5.74, 6) is -0.492. The molecule has 1 atom stereocenters. The van der Waals surface area contributed by atoms with Crippen LogP contribution < -0.4 is 10.6 Å². The first-order valence-corrected chi connectivity index (χ1v) is 6.57. The van der Waals surface area contributed by atoms with E-state index in [1.165, 1.54) is 18.3 Å². The molecule has 0 aliphatic rings. The van der Waals surface area contributed by atoms with Gasteiger partial charge in [-0.05, 0) is 18.1 Å². The van der Waals surface area contributed by atoms with E-state index in [0.29, 0.717) is 12.2 Å². The predicted molar refractivity (Wildman–Crippen MR) is 75.8 cm³/mol. The van der Waals surface area contributed by atoms with E-state index in [1.54, 1.807) is 0 Å². The topological polar surface area (TPSA) is 74.2 Å². The van der Waals surface area contributed by atoms with E-state index in [-0.39, 0.29) is 5.92 Å². The normalized spacial score (nSPS) is 13.2. The molecule has 0 bridgehead atoms. The molecule has 1 aromatic rings. The summed E-state index contributed by atoms with van der Waals surface area (Å²) in [6, 6.07) is 2.18.